The van der Waals surface area contributed by atoms with Gasteiger partial charge in [0.2, 0.25) is 0 Å². The minimum atomic E-state index is -4.70. The minimum Gasteiger partial charge on any atom is -0.478 e. The van der Waals surface area contributed by atoms with Crippen LogP contribution in [-0.4, -0.2) is 17.4 Å². The van der Waals surface area contributed by atoms with Crippen molar-refractivity contribution in [3.63, 3.8) is 0 Å². The van der Waals surface area contributed by atoms with Crippen LogP contribution < -0.4 is 4.74 Å². The number of aliphatic carboxylic acids is 1. The molecule has 0 saturated heterocycles. The summed E-state index contributed by atoms with van der Waals surface area (Å²) in [6.45, 7) is 0. The van der Waals surface area contributed by atoms with Crippen molar-refractivity contribution in [2.75, 3.05) is 0 Å². The number of allylic oxidation sites excluding steroid dienone is 3. The maximum Gasteiger partial charge on any atom is 0.573 e. The molecule has 0 unspecified atom stereocenters. The van der Waals surface area contributed by atoms with Crippen molar-refractivity contribution in [3.8, 4) is 16.9 Å². The number of rotatable bonds is 6. The van der Waals surface area contributed by atoms with Crippen molar-refractivity contribution in [2.24, 2.45) is 0 Å². The molecule has 0 radical (unpaired) electrons. The van der Waals surface area contributed by atoms with Crippen LogP contribution in [0.1, 0.15) is 5.56 Å². The second-order valence-electron chi connectivity index (χ2n) is 5.10. The van der Waals surface area contributed by atoms with E-state index in [2.05, 4.69) is 4.74 Å². The van der Waals surface area contributed by atoms with Gasteiger partial charge in [-0.2, -0.15) is 0 Å². The van der Waals surface area contributed by atoms with E-state index < -0.39 is 12.3 Å². The maximum atomic E-state index is 12.1. The largest absolute Gasteiger partial charge is 0.573 e. The molecule has 0 saturated carbocycles. The molecule has 0 aliphatic heterocycles. The van der Waals surface area contributed by atoms with E-state index in [9.17, 15) is 18.0 Å². The molecule has 25 heavy (non-hydrogen) atoms. The predicted molar refractivity (Wildman–Crippen MR) is 88.2 cm³/mol. The fraction of sp³-hybridized carbons (Fsp3) is 0.105. The first kappa shape index (κ1) is 18.3. The number of carbonyl (C=O) groups is 1. The number of carboxylic acid groups (broad SMARTS) is 1. The highest BCUT2D eigenvalue weighted by molar-refractivity contribution is 5.80. The smallest absolute Gasteiger partial charge is 0.478 e. The quantitative estimate of drug-likeness (QED) is 0.591. The zero-order valence-electron chi connectivity index (χ0n) is 13.0. The lowest BCUT2D eigenvalue weighted by Gasteiger charge is -2.09. The van der Waals surface area contributed by atoms with Gasteiger partial charge in [0.05, 0.1) is 0 Å². The van der Waals surface area contributed by atoms with Gasteiger partial charge < -0.3 is 9.84 Å². The molecule has 2 aromatic carbocycles. The summed E-state index contributed by atoms with van der Waals surface area (Å²) in [7, 11) is 0. The molecule has 0 aromatic heterocycles. The zero-order valence-corrected chi connectivity index (χ0v) is 13.0. The average Bonchev–Trinajstić information content (AvgIpc) is 2.54. The van der Waals surface area contributed by atoms with Gasteiger partial charge in [-0.1, -0.05) is 54.6 Å². The molecular weight excluding hydrogens is 333 g/mol. The number of halogens is 3. The zero-order chi connectivity index (χ0) is 18.3. The van der Waals surface area contributed by atoms with Gasteiger partial charge in [0.1, 0.15) is 5.75 Å². The van der Waals surface area contributed by atoms with Crippen molar-refractivity contribution in [1.82, 2.24) is 0 Å². The molecule has 2 aromatic rings. The van der Waals surface area contributed by atoms with Crippen LogP contribution in [-0.2, 0) is 11.2 Å². The molecule has 6 heteroatoms. The third-order valence-corrected chi connectivity index (χ3v) is 3.21. The Morgan fingerprint density at radius 3 is 2.04 bits per heavy atom. The highest BCUT2D eigenvalue weighted by atomic mass is 19.4. The Hall–Kier alpha value is -3.02. The monoisotopic (exact) mass is 348 g/mol. The minimum absolute atomic E-state index is 0.257. The van der Waals surface area contributed by atoms with E-state index in [4.69, 9.17) is 5.11 Å². The Bertz CT molecular complexity index is 758. The molecule has 1 N–H and O–H groups in total. The van der Waals surface area contributed by atoms with Crippen LogP contribution in [0.25, 0.3) is 11.1 Å². The van der Waals surface area contributed by atoms with Gasteiger partial charge in [-0.3, -0.25) is 0 Å². The molecular formula is C19H15F3O3. The summed E-state index contributed by atoms with van der Waals surface area (Å²) in [5.41, 5.74) is 2.68. The first-order valence-corrected chi connectivity index (χ1v) is 7.35. The molecule has 3 nitrogen and oxygen atoms in total. The Morgan fingerprint density at radius 1 is 0.960 bits per heavy atom. The Labute approximate surface area is 142 Å². The second-order valence-corrected chi connectivity index (χ2v) is 5.10. The lowest BCUT2D eigenvalue weighted by Crippen LogP contribution is -2.16. The van der Waals surface area contributed by atoms with Gasteiger partial charge in [-0.05, 0) is 35.2 Å². The summed E-state index contributed by atoms with van der Waals surface area (Å²) >= 11 is 0. The van der Waals surface area contributed by atoms with Gasteiger partial charge >= 0.3 is 12.3 Å². The fourth-order valence-corrected chi connectivity index (χ4v) is 2.10. The number of ether oxygens (including phenoxy) is 1. The van der Waals surface area contributed by atoms with Gasteiger partial charge in [-0.15, -0.1) is 13.2 Å². The number of benzene rings is 2. The fourth-order valence-electron chi connectivity index (χ4n) is 2.10. The van der Waals surface area contributed by atoms with Gasteiger partial charge in [0.25, 0.3) is 0 Å². The number of hydrogen-bond donors (Lipinski definition) is 1. The summed E-state index contributed by atoms with van der Waals surface area (Å²) in [4.78, 5) is 10.3. The van der Waals surface area contributed by atoms with E-state index in [1.54, 1.807) is 18.2 Å². The number of carboxylic acids is 1. The van der Waals surface area contributed by atoms with E-state index in [1.807, 2.05) is 30.3 Å². The van der Waals surface area contributed by atoms with Crippen LogP contribution in [0.15, 0.2) is 72.8 Å². The van der Waals surface area contributed by atoms with Gasteiger partial charge in [-0.25, -0.2) is 4.79 Å². The van der Waals surface area contributed by atoms with Crippen molar-refractivity contribution in [1.29, 1.82) is 0 Å². The molecule has 0 heterocycles. The topological polar surface area (TPSA) is 46.5 Å². The van der Waals surface area contributed by atoms with Crippen molar-refractivity contribution in [3.05, 3.63) is 78.4 Å². The molecule has 0 fully saturated rings. The molecule has 0 aliphatic carbocycles. The lowest BCUT2D eigenvalue weighted by molar-refractivity contribution is -0.274. The SMILES string of the molecule is O=C(O)/C=C/C=C/Cc1ccc(-c2ccc(OC(F)(F)F)cc2)cc1. The molecule has 0 atom stereocenters. The highest BCUT2D eigenvalue weighted by Gasteiger charge is 2.30. The van der Waals surface area contributed by atoms with Crippen molar-refractivity contribution in [2.45, 2.75) is 12.8 Å². The number of alkyl halides is 3. The van der Waals surface area contributed by atoms with E-state index in [-0.39, 0.29) is 5.75 Å². The van der Waals surface area contributed by atoms with Crippen LogP contribution in [0.5, 0.6) is 5.75 Å². The average molecular weight is 348 g/mol. The Balaban J connectivity index is 1.98. The van der Waals surface area contributed by atoms with Gasteiger partial charge in [0.15, 0.2) is 0 Å². The molecule has 0 spiro atoms. The summed E-state index contributed by atoms with van der Waals surface area (Å²) in [5, 5.41) is 8.46. The number of hydrogen-bond acceptors (Lipinski definition) is 2. The summed E-state index contributed by atoms with van der Waals surface area (Å²) in [6, 6.07) is 13.2. The molecule has 0 aliphatic rings. The second kappa shape index (κ2) is 8.19. The molecule has 0 amide bonds. The third-order valence-electron chi connectivity index (χ3n) is 3.21. The molecule has 0 bridgehead atoms. The van der Waals surface area contributed by atoms with E-state index in [0.29, 0.717) is 6.42 Å². The first-order valence-electron chi connectivity index (χ1n) is 7.35. The van der Waals surface area contributed by atoms with E-state index in [1.165, 1.54) is 18.2 Å². The molecule has 130 valence electrons. The summed E-state index contributed by atoms with van der Waals surface area (Å²) < 4.78 is 40.3. The predicted octanol–water partition coefficient (Wildman–Crippen LogP) is 4.99. The Kier molecular flexibility index (Phi) is 6.00. The Morgan fingerprint density at radius 2 is 1.52 bits per heavy atom. The third kappa shape index (κ3) is 6.55. The van der Waals surface area contributed by atoms with Crippen LogP contribution in [0, 0.1) is 0 Å². The van der Waals surface area contributed by atoms with Crippen LogP contribution in [0.4, 0.5) is 13.2 Å². The van der Waals surface area contributed by atoms with Crippen molar-refractivity contribution < 1.29 is 27.8 Å². The normalized spacial score (nSPS) is 12.0. The van der Waals surface area contributed by atoms with Crippen LogP contribution in [0.3, 0.4) is 0 Å². The standard InChI is InChI=1S/C19H15F3O3/c20-19(21,22)25-17-12-10-16(11-13-17)15-8-6-14(7-9-15)4-2-1-3-5-18(23)24/h1-3,5-13H,4H2,(H,23,24)/b2-1+,5-3+. The van der Waals surface area contributed by atoms with E-state index >= 15 is 0 Å². The lowest BCUT2D eigenvalue weighted by atomic mass is 10.0. The van der Waals surface area contributed by atoms with Crippen molar-refractivity contribution >= 4 is 5.97 Å². The summed E-state index contributed by atoms with van der Waals surface area (Å²) in [6.07, 6.45) is 1.92. The first-order chi connectivity index (χ1) is 11.8. The highest BCUT2D eigenvalue weighted by Crippen LogP contribution is 2.26. The molecule has 2 rings (SSSR count). The van der Waals surface area contributed by atoms with Crippen LogP contribution in [0.2, 0.25) is 0 Å². The van der Waals surface area contributed by atoms with Crippen LogP contribution >= 0.6 is 0 Å². The maximum absolute atomic E-state index is 12.1. The van der Waals surface area contributed by atoms with E-state index in [0.717, 1.165) is 22.8 Å². The summed E-state index contributed by atoms with van der Waals surface area (Å²) in [5.74, 6) is -1.26. The van der Waals surface area contributed by atoms with Gasteiger partial charge in [0, 0.05) is 6.08 Å².